The molecule has 0 saturated carbocycles. The second kappa shape index (κ2) is 4.24. The van der Waals surface area contributed by atoms with Gasteiger partial charge in [0.25, 0.3) is 0 Å². The van der Waals surface area contributed by atoms with Crippen LogP contribution in [0.2, 0.25) is 0 Å². The number of rotatable bonds is 3. The lowest BCUT2D eigenvalue weighted by Gasteiger charge is -2.10. The summed E-state index contributed by atoms with van der Waals surface area (Å²) in [5.74, 6) is -0.895. The summed E-state index contributed by atoms with van der Waals surface area (Å²) in [6.45, 7) is 1.56. The quantitative estimate of drug-likeness (QED) is 0.418. The SMILES string of the molecule is COC(=O)CC(C)C(O)O. The molecule has 0 aliphatic heterocycles. The Hall–Kier alpha value is -0.610. The summed E-state index contributed by atoms with van der Waals surface area (Å²) >= 11 is 0. The van der Waals surface area contributed by atoms with Gasteiger partial charge < -0.3 is 14.9 Å². The standard InChI is InChI=1S/C6H12O4/c1-4(6(8)9)3-5(7)10-2/h4,6,8-9H,3H2,1-2H3. The maximum absolute atomic E-state index is 10.5. The fraction of sp³-hybridized carbons (Fsp3) is 0.833. The minimum Gasteiger partial charge on any atom is -0.469 e. The number of aliphatic hydroxyl groups excluding tert-OH is 1. The van der Waals surface area contributed by atoms with E-state index in [4.69, 9.17) is 10.2 Å². The average molecular weight is 148 g/mol. The largest absolute Gasteiger partial charge is 0.469 e. The molecule has 0 aliphatic carbocycles. The molecule has 10 heavy (non-hydrogen) atoms. The van der Waals surface area contributed by atoms with Gasteiger partial charge in [-0.25, -0.2) is 0 Å². The summed E-state index contributed by atoms with van der Waals surface area (Å²) in [5, 5.41) is 17.0. The second-order valence-corrected chi connectivity index (χ2v) is 2.17. The zero-order chi connectivity index (χ0) is 8.15. The number of ether oxygens (including phenoxy) is 1. The third-order valence-corrected chi connectivity index (χ3v) is 1.23. The van der Waals surface area contributed by atoms with Crippen molar-refractivity contribution in [2.75, 3.05) is 7.11 Å². The van der Waals surface area contributed by atoms with E-state index >= 15 is 0 Å². The lowest BCUT2D eigenvalue weighted by Crippen LogP contribution is -2.20. The normalized spacial score (nSPS) is 13.3. The van der Waals surface area contributed by atoms with E-state index in [0.717, 1.165) is 0 Å². The smallest absolute Gasteiger partial charge is 0.305 e. The third kappa shape index (κ3) is 3.42. The Balaban J connectivity index is 3.57. The van der Waals surface area contributed by atoms with Gasteiger partial charge in [-0.2, -0.15) is 0 Å². The van der Waals surface area contributed by atoms with E-state index in [1.807, 2.05) is 0 Å². The molecule has 0 bridgehead atoms. The van der Waals surface area contributed by atoms with Crippen LogP contribution in [-0.2, 0) is 9.53 Å². The van der Waals surface area contributed by atoms with Crippen molar-refractivity contribution in [3.63, 3.8) is 0 Å². The van der Waals surface area contributed by atoms with Crippen molar-refractivity contribution >= 4 is 5.97 Å². The van der Waals surface area contributed by atoms with Crippen LogP contribution in [0.3, 0.4) is 0 Å². The molecular weight excluding hydrogens is 136 g/mol. The molecule has 4 heteroatoms. The highest BCUT2D eigenvalue weighted by Gasteiger charge is 2.14. The molecule has 0 aromatic heterocycles. The van der Waals surface area contributed by atoms with Gasteiger partial charge in [-0.1, -0.05) is 6.92 Å². The molecule has 0 saturated heterocycles. The van der Waals surface area contributed by atoms with Gasteiger partial charge in [0.15, 0.2) is 6.29 Å². The highest BCUT2D eigenvalue weighted by molar-refractivity contribution is 5.69. The highest BCUT2D eigenvalue weighted by atomic mass is 16.5. The molecule has 0 spiro atoms. The van der Waals surface area contributed by atoms with Crippen LogP contribution >= 0.6 is 0 Å². The Kier molecular flexibility index (Phi) is 3.99. The molecule has 2 N–H and O–H groups in total. The van der Waals surface area contributed by atoms with Gasteiger partial charge >= 0.3 is 5.97 Å². The summed E-state index contributed by atoms with van der Waals surface area (Å²) in [7, 11) is 1.26. The zero-order valence-corrected chi connectivity index (χ0v) is 6.07. The Morgan fingerprint density at radius 1 is 1.60 bits per heavy atom. The third-order valence-electron chi connectivity index (χ3n) is 1.23. The number of carbonyl (C=O) groups is 1. The number of carbonyl (C=O) groups excluding carboxylic acids is 1. The van der Waals surface area contributed by atoms with Crippen LogP contribution in [0.5, 0.6) is 0 Å². The molecule has 1 atom stereocenters. The lowest BCUT2D eigenvalue weighted by molar-refractivity contribution is -0.146. The monoisotopic (exact) mass is 148 g/mol. The van der Waals surface area contributed by atoms with Gasteiger partial charge in [-0.15, -0.1) is 0 Å². The maximum Gasteiger partial charge on any atom is 0.305 e. The summed E-state index contributed by atoms with van der Waals surface area (Å²) in [5.41, 5.74) is 0. The van der Waals surface area contributed by atoms with Crippen molar-refractivity contribution in [2.45, 2.75) is 19.6 Å². The van der Waals surface area contributed by atoms with Gasteiger partial charge in [0.1, 0.15) is 0 Å². The van der Waals surface area contributed by atoms with Gasteiger partial charge in [-0.05, 0) is 0 Å². The van der Waals surface area contributed by atoms with E-state index in [9.17, 15) is 4.79 Å². The summed E-state index contributed by atoms with van der Waals surface area (Å²) in [6, 6.07) is 0. The Morgan fingerprint density at radius 2 is 2.10 bits per heavy atom. The highest BCUT2D eigenvalue weighted by Crippen LogP contribution is 2.05. The van der Waals surface area contributed by atoms with Crippen LogP contribution in [0.15, 0.2) is 0 Å². The number of esters is 1. The second-order valence-electron chi connectivity index (χ2n) is 2.17. The van der Waals surface area contributed by atoms with E-state index in [1.165, 1.54) is 7.11 Å². The van der Waals surface area contributed by atoms with Crippen molar-refractivity contribution in [3.8, 4) is 0 Å². The van der Waals surface area contributed by atoms with Gasteiger partial charge in [0.05, 0.1) is 13.5 Å². The fourth-order valence-electron chi connectivity index (χ4n) is 0.452. The first-order chi connectivity index (χ1) is 4.57. The van der Waals surface area contributed by atoms with Crippen LogP contribution in [0, 0.1) is 5.92 Å². The van der Waals surface area contributed by atoms with Gasteiger partial charge in [0, 0.05) is 5.92 Å². The molecule has 0 heterocycles. The number of aliphatic hydroxyl groups is 2. The lowest BCUT2D eigenvalue weighted by atomic mass is 10.1. The Bertz CT molecular complexity index is 110. The molecule has 0 aromatic rings. The Morgan fingerprint density at radius 3 is 2.40 bits per heavy atom. The van der Waals surface area contributed by atoms with E-state index < -0.39 is 18.2 Å². The summed E-state index contributed by atoms with van der Waals surface area (Å²) in [4.78, 5) is 10.5. The Labute approximate surface area is 59.4 Å². The van der Waals surface area contributed by atoms with E-state index in [1.54, 1.807) is 6.92 Å². The number of methoxy groups -OCH3 is 1. The molecular formula is C6H12O4. The molecule has 1 unspecified atom stereocenters. The molecule has 0 rings (SSSR count). The minimum absolute atomic E-state index is 0.0359. The molecule has 0 radical (unpaired) electrons. The first kappa shape index (κ1) is 9.39. The molecule has 60 valence electrons. The minimum atomic E-state index is -1.45. The predicted molar refractivity (Wildman–Crippen MR) is 34.0 cm³/mol. The number of hydrogen-bond donors (Lipinski definition) is 2. The van der Waals surface area contributed by atoms with Crippen molar-refractivity contribution in [3.05, 3.63) is 0 Å². The first-order valence-corrected chi connectivity index (χ1v) is 3.01. The number of hydrogen-bond acceptors (Lipinski definition) is 4. The molecule has 0 amide bonds. The van der Waals surface area contributed by atoms with Crippen molar-refractivity contribution in [2.24, 2.45) is 5.92 Å². The maximum atomic E-state index is 10.5. The first-order valence-electron chi connectivity index (χ1n) is 3.01. The van der Waals surface area contributed by atoms with Crippen LogP contribution in [0.4, 0.5) is 0 Å². The van der Waals surface area contributed by atoms with Gasteiger partial charge in [-0.3, -0.25) is 4.79 Å². The van der Waals surface area contributed by atoms with Crippen LogP contribution in [0.25, 0.3) is 0 Å². The van der Waals surface area contributed by atoms with Crippen molar-refractivity contribution in [1.29, 1.82) is 0 Å². The van der Waals surface area contributed by atoms with E-state index in [-0.39, 0.29) is 6.42 Å². The van der Waals surface area contributed by atoms with Crippen LogP contribution < -0.4 is 0 Å². The molecule has 0 aliphatic rings. The average Bonchev–Trinajstić information content (AvgIpc) is 1.87. The van der Waals surface area contributed by atoms with E-state index in [2.05, 4.69) is 4.74 Å². The van der Waals surface area contributed by atoms with Crippen LogP contribution in [-0.4, -0.2) is 29.6 Å². The molecule has 0 fully saturated rings. The molecule has 0 aromatic carbocycles. The van der Waals surface area contributed by atoms with Gasteiger partial charge in [0.2, 0.25) is 0 Å². The zero-order valence-electron chi connectivity index (χ0n) is 6.07. The van der Waals surface area contributed by atoms with Crippen LogP contribution in [0.1, 0.15) is 13.3 Å². The summed E-state index contributed by atoms with van der Waals surface area (Å²) < 4.78 is 4.31. The van der Waals surface area contributed by atoms with Crippen molar-refractivity contribution in [1.82, 2.24) is 0 Å². The molecule has 4 nitrogen and oxygen atoms in total. The topological polar surface area (TPSA) is 66.8 Å². The van der Waals surface area contributed by atoms with E-state index in [0.29, 0.717) is 0 Å². The van der Waals surface area contributed by atoms with Crippen molar-refractivity contribution < 1.29 is 19.7 Å². The summed E-state index contributed by atoms with van der Waals surface area (Å²) in [6.07, 6.45) is -1.41. The predicted octanol–water partition coefficient (Wildman–Crippen LogP) is -0.504. The fourth-order valence-corrected chi connectivity index (χ4v) is 0.452.